The molecule has 2 amide bonds. The molecule has 0 bridgehead atoms. The Balaban J connectivity index is 1.30. The number of hydrogen-bond donors (Lipinski definition) is 4. The van der Waals surface area contributed by atoms with Gasteiger partial charge in [-0.1, -0.05) is 192 Å². The highest BCUT2D eigenvalue weighted by atomic mass is 32.2. The van der Waals surface area contributed by atoms with Gasteiger partial charge in [0.25, 0.3) is 5.91 Å². The number of carbonyl (C=O) groups is 6. The molecule has 0 heterocycles. The van der Waals surface area contributed by atoms with E-state index in [9.17, 15) is 33.9 Å². The Morgan fingerprint density at radius 2 is 1.07 bits per heavy atom. The minimum Gasteiger partial charge on any atom is -0.481 e. The molecular formula is C55H90N2O10S. The molecule has 0 saturated heterocycles. The molecule has 2 aliphatic rings. The molecule has 0 radical (unpaired) electrons. The van der Waals surface area contributed by atoms with Gasteiger partial charge < -0.3 is 30.3 Å². The molecule has 4 N–H and O–H groups in total. The predicted octanol–water partition coefficient (Wildman–Crippen LogP) is 12.7. The third kappa shape index (κ3) is 30.1. The van der Waals surface area contributed by atoms with Gasteiger partial charge in [0.2, 0.25) is 5.91 Å². The quantitative estimate of drug-likeness (QED) is 0.0362. The van der Waals surface area contributed by atoms with Crippen LogP contribution in [0.25, 0.3) is 0 Å². The number of carboxylic acids is 2. The number of benzene rings is 1. The molecule has 68 heavy (non-hydrogen) atoms. The van der Waals surface area contributed by atoms with Crippen molar-refractivity contribution in [2.24, 2.45) is 11.8 Å². The molecule has 2 aliphatic carbocycles. The zero-order valence-corrected chi connectivity index (χ0v) is 42.6. The van der Waals surface area contributed by atoms with Gasteiger partial charge in [-0.3, -0.25) is 24.0 Å². The zero-order valence-electron chi connectivity index (χ0n) is 41.8. The average Bonchev–Trinajstić information content (AvgIpc) is 3.34. The van der Waals surface area contributed by atoms with Gasteiger partial charge >= 0.3 is 23.9 Å². The van der Waals surface area contributed by atoms with Gasteiger partial charge in [0.15, 0.2) is 0 Å². The summed E-state index contributed by atoms with van der Waals surface area (Å²) in [5, 5.41) is 23.4. The zero-order chi connectivity index (χ0) is 48.9. The van der Waals surface area contributed by atoms with E-state index < -0.39 is 36.4 Å². The second-order valence-electron chi connectivity index (χ2n) is 19.8. The van der Waals surface area contributed by atoms with E-state index in [1.165, 1.54) is 178 Å². The Hall–Kier alpha value is -3.61. The van der Waals surface area contributed by atoms with Crippen molar-refractivity contribution in [3.05, 3.63) is 35.4 Å². The van der Waals surface area contributed by atoms with E-state index in [1.54, 1.807) is 12.1 Å². The fraction of sp³-hybridized carbons (Fsp3) is 0.782. The maximum Gasteiger partial charge on any atom is 0.326 e. The van der Waals surface area contributed by atoms with Crippen molar-refractivity contribution in [3.8, 4) is 0 Å². The Bertz CT molecular complexity index is 1550. The van der Waals surface area contributed by atoms with E-state index in [-0.39, 0.29) is 49.4 Å². The molecule has 2 fully saturated rings. The second-order valence-corrected chi connectivity index (χ2v) is 21.0. The number of aliphatic carboxylic acids is 2. The lowest BCUT2D eigenvalue weighted by Crippen LogP contribution is -2.41. The van der Waals surface area contributed by atoms with Crippen LogP contribution in [0.2, 0.25) is 0 Å². The lowest BCUT2D eigenvalue weighted by molar-refractivity contribution is -0.157. The molecular weight excluding hydrogens is 881 g/mol. The minimum atomic E-state index is -1.33. The Morgan fingerprint density at radius 3 is 1.57 bits per heavy atom. The second kappa shape index (κ2) is 38.2. The number of amides is 2. The number of thioether (sulfide) groups is 1. The number of hydrogen-bond acceptors (Lipinski definition) is 9. The summed E-state index contributed by atoms with van der Waals surface area (Å²) < 4.78 is 11.5. The smallest absolute Gasteiger partial charge is 0.326 e. The first-order valence-electron chi connectivity index (χ1n) is 27.1. The molecule has 1 unspecified atom stereocenters. The summed E-state index contributed by atoms with van der Waals surface area (Å²) in [4.78, 5) is 73.2. The lowest BCUT2D eigenvalue weighted by atomic mass is 9.85. The van der Waals surface area contributed by atoms with E-state index in [0.29, 0.717) is 24.3 Å². The van der Waals surface area contributed by atoms with Crippen molar-refractivity contribution in [1.82, 2.24) is 10.6 Å². The normalized spacial score (nSPS) is 15.3. The van der Waals surface area contributed by atoms with Crippen molar-refractivity contribution < 1.29 is 48.5 Å². The van der Waals surface area contributed by atoms with Gasteiger partial charge in [0, 0.05) is 49.3 Å². The molecule has 0 spiro atoms. The molecule has 3 rings (SSSR count). The van der Waals surface area contributed by atoms with Crippen molar-refractivity contribution in [3.63, 3.8) is 0 Å². The first kappa shape index (κ1) is 58.7. The number of unbranched alkanes of at least 4 members (excludes halogenated alkanes) is 16. The summed E-state index contributed by atoms with van der Waals surface area (Å²) in [6.45, 7) is 0.219. The first-order valence-corrected chi connectivity index (χ1v) is 28.3. The van der Waals surface area contributed by atoms with Crippen LogP contribution in [0, 0.1) is 11.8 Å². The van der Waals surface area contributed by atoms with Crippen LogP contribution >= 0.6 is 11.8 Å². The van der Waals surface area contributed by atoms with Crippen LogP contribution in [0.5, 0.6) is 0 Å². The maximum atomic E-state index is 12.9. The van der Waals surface area contributed by atoms with Gasteiger partial charge in [-0.05, 0) is 48.8 Å². The average molecular weight is 971 g/mol. The summed E-state index contributed by atoms with van der Waals surface area (Å²) in [6, 6.07) is 5.00. The summed E-state index contributed by atoms with van der Waals surface area (Å²) >= 11 is 1.47. The Kier molecular flexibility index (Phi) is 33.0. The van der Waals surface area contributed by atoms with Gasteiger partial charge in [-0.15, -0.1) is 0 Å². The summed E-state index contributed by atoms with van der Waals surface area (Å²) in [6.07, 6.45) is 38.3. The molecule has 386 valence electrons. The number of ether oxygens (including phenoxy) is 2. The van der Waals surface area contributed by atoms with Crippen LogP contribution < -0.4 is 10.6 Å². The van der Waals surface area contributed by atoms with Crippen LogP contribution in [0.15, 0.2) is 24.3 Å². The van der Waals surface area contributed by atoms with Gasteiger partial charge in [-0.25, -0.2) is 4.79 Å². The monoisotopic (exact) mass is 971 g/mol. The summed E-state index contributed by atoms with van der Waals surface area (Å²) in [5.74, 6) is -1.00. The number of carboxylic acid groups (broad SMARTS) is 2. The Morgan fingerprint density at radius 1 is 0.588 bits per heavy atom. The minimum absolute atomic E-state index is 0.00150. The van der Waals surface area contributed by atoms with Crippen molar-refractivity contribution in [1.29, 1.82) is 0 Å². The maximum absolute atomic E-state index is 12.9. The van der Waals surface area contributed by atoms with E-state index in [4.69, 9.17) is 14.6 Å². The van der Waals surface area contributed by atoms with Crippen LogP contribution in [0.3, 0.4) is 0 Å². The number of nitrogens with one attached hydrogen (secondary N) is 2. The van der Waals surface area contributed by atoms with Crippen LogP contribution in [-0.2, 0) is 40.0 Å². The molecule has 2 saturated carbocycles. The molecule has 0 aromatic heterocycles. The fourth-order valence-corrected chi connectivity index (χ4v) is 10.6. The lowest BCUT2D eigenvalue weighted by Gasteiger charge is -2.21. The van der Waals surface area contributed by atoms with Gasteiger partial charge in [0.05, 0.1) is 0 Å². The van der Waals surface area contributed by atoms with E-state index in [2.05, 4.69) is 10.6 Å². The van der Waals surface area contributed by atoms with E-state index >= 15 is 0 Å². The van der Waals surface area contributed by atoms with Crippen LogP contribution in [0.4, 0.5) is 0 Å². The number of carbonyl (C=O) groups excluding carboxylic acids is 4. The first-order chi connectivity index (χ1) is 33.1. The Labute approximate surface area is 413 Å². The third-order valence-electron chi connectivity index (χ3n) is 13.9. The standard InChI is InChI=1S/C55H90N2O10S/c58-50(56-41-46-33-35-47(36-34-46)54(63)57-49(55(64)65)37-38-51(59)60)39-40-68-43-48(67-53(62)32-24-14-10-6-2-4-8-12-18-26-45-29-21-16-22-30-45)42-66-52(61)31-23-13-9-5-1-3-7-11-17-25-44-27-19-15-20-28-44/h33-36,44-45,48-49H,1-32,37-43H2,(H,56,58)(H,57,63)(H,59,60)(H,64,65)/t48?,49-/m0/s1. The van der Waals surface area contributed by atoms with E-state index in [1.807, 2.05) is 0 Å². The highest BCUT2D eigenvalue weighted by Gasteiger charge is 2.22. The van der Waals surface area contributed by atoms with E-state index in [0.717, 1.165) is 55.9 Å². The summed E-state index contributed by atoms with van der Waals surface area (Å²) in [7, 11) is 0. The topological polar surface area (TPSA) is 185 Å². The summed E-state index contributed by atoms with van der Waals surface area (Å²) in [5.41, 5.74) is 0.943. The third-order valence-corrected chi connectivity index (χ3v) is 15.0. The van der Waals surface area contributed by atoms with Gasteiger partial charge in [-0.2, -0.15) is 11.8 Å². The highest BCUT2D eigenvalue weighted by molar-refractivity contribution is 7.99. The predicted molar refractivity (Wildman–Crippen MR) is 272 cm³/mol. The molecule has 12 nitrogen and oxygen atoms in total. The molecule has 1 aromatic carbocycles. The van der Waals surface area contributed by atoms with Crippen molar-refractivity contribution >= 4 is 47.5 Å². The molecule has 1 aromatic rings. The number of esters is 2. The molecule has 0 aliphatic heterocycles. The largest absolute Gasteiger partial charge is 0.481 e. The van der Waals surface area contributed by atoms with Gasteiger partial charge in [0.1, 0.15) is 18.8 Å². The SMILES string of the molecule is O=C(O)CC[C@H](NC(=O)c1ccc(CNC(=O)CCSCC(COC(=O)CCCCCCCCCCCC2CCCCC2)OC(=O)CCCCCCCCCCCC2CCCCC2)cc1)C(=O)O. The fourth-order valence-electron chi connectivity index (χ4n) is 9.66. The van der Waals surface area contributed by atoms with Crippen LogP contribution in [-0.4, -0.2) is 76.2 Å². The van der Waals surface area contributed by atoms with Crippen LogP contribution in [0.1, 0.15) is 241 Å². The number of rotatable bonds is 40. The molecule has 2 atom stereocenters. The van der Waals surface area contributed by atoms with Crippen molar-refractivity contribution in [2.75, 3.05) is 18.1 Å². The highest BCUT2D eigenvalue weighted by Crippen LogP contribution is 2.29. The van der Waals surface area contributed by atoms with Crippen molar-refractivity contribution in [2.45, 2.75) is 243 Å². The molecule has 13 heteroatoms.